The molecule has 0 atom stereocenters. The Morgan fingerprint density at radius 3 is 0.820 bits per heavy atom. The summed E-state index contributed by atoms with van der Waals surface area (Å²) < 4.78 is 24.0. The van der Waals surface area contributed by atoms with Gasteiger partial charge in [-0.2, -0.15) is 0 Å². The lowest BCUT2D eigenvalue weighted by molar-refractivity contribution is 0.669. The van der Waals surface area contributed by atoms with Crippen molar-refractivity contribution >= 4 is 214 Å². The molecule has 8 heteroatoms. The van der Waals surface area contributed by atoms with Gasteiger partial charge in [0, 0.05) is 137 Å². The van der Waals surface area contributed by atoms with Crippen molar-refractivity contribution in [2.75, 3.05) is 0 Å². The number of thiophene rings is 3. The Hall–Kier alpha value is -18.8. The molecule has 0 fully saturated rings. The lowest BCUT2D eigenvalue weighted by Crippen LogP contribution is -1.96. The average molecular weight is 1960 g/mol. The summed E-state index contributed by atoms with van der Waals surface area (Å²) in [7, 11) is 0. The number of aromatic nitrogens is 4. The van der Waals surface area contributed by atoms with Gasteiger partial charge >= 0.3 is 0 Å². The fourth-order valence-corrected chi connectivity index (χ4v) is 26.5. The second-order valence-electron chi connectivity index (χ2n) is 38.8. The molecule has 0 aliphatic carbocycles. The summed E-state index contributed by atoms with van der Waals surface area (Å²) in [5.74, 6) is 0. The minimum absolute atomic E-state index is 0.926. The highest BCUT2D eigenvalue weighted by atomic mass is 32.1. The van der Waals surface area contributed by atoms with E-state index in [1.807, 2.05) is 46.1 Å². The first-order valence-electron chi connectivity index (χ1n) is 51.1. The zero-order chi connectivity index (χ0) is 98.8. The van der Waals surface area contributed by atoms with Gasteiger partial charge in [0.15, 0.2) is 0 Å². The second-order valence-corrected chi connectivity index (χ2v) is 42.1. The van der Waals surface area contributed by atoms with E-state index in [1.54, 1.807) is 0 Å². The zero-order valence-electron chi connectivity index (χ0n) is 81.4. The second kappa shape index (κ2) is 36.7. The molecule has 0 aliphatic heterocycles. The van der Waals surface area contributed by atoms with Gasteiger partial charge in [-0.3, -0.25) is 0 Å². The average Bonchev–Trinajstić information content (AvgIpc) is 1.58. The highest BCUT2D eigenvalue weighted by Gasteiger charge is 2.25. The zero-order valence-corrected chi connectivity index (χ0v) is 83.8. The minimum atomic E-state index is 0.926. The summed E-state index contributed by atoms with van der Waals surface area (Å²) in [4.78, 5) is 0. The van der Waals surface area contributed by atoms with Crippen molar-refractivity contribution in [3.05, 3.63) is 546 Å². The third-order valence-electron chi connectivity index (χ3n) is 30.1. The third kappa shape index (κ3) is 15.3. The molecule has 5 nitrogen and oxygen atoms in total. The SMILES string of the molecule is c1ccc(-c2cc(-c3ccccc3)cc(-c3cccc(-n4c5ccccc5c5cc6sc7ccccc7c6cc54)c3)c2)cc1.c1ccc(-c2cc(-c3ccccc3)cc(-n3c4ccccc4c4cc5sc6ccccc6c5cc43)c2)cc1.c1ccc(-c2cccc(-n3c4ccccc4c4cc5sc6ccccc6c5cc43)c2)cc1.c1ccc(-c2cccc3cc(-n4c5ccccc5c5cc6oc7ccccc7c6cc54)ccc23)cc1. The summed E-state index contributed by atoms with van der Waals surface area (Å²) in [6.45, 7) is 0. The number of hydrogen-bond acceptors (Lipinski definition) is 4. The lowest BCUT2D eigenvalue weighted by atomic mass is 9.93. The molecule has 0 aliphatic rings. The van der Waals surface area contributed by atoms with Gasteiger partial charge in [-0.15, -0.1) is 34.0 Å². The van der Waals surface area contributed by atoms with E-state index < -0.39 is 0 Å². The Kier molecular flexibility index (Phi) is 21.5. The topological polar surface area (TPSA) is 32.9 Å². The quantitative estimate of drug-likeness (QED) is 0.127. The molecule has 0 saturated heterocycles. The van der Waals surface area contributed by atoms with Crippen molar-refractivity contribution in [3.8, 4) is 101 Å². The van der Waals surface area contributed by atoms with Crippen LogP contribution in [0.1, 0.15) is 0 Å². The van der Waals surface area contributed by atoms with Crippen LogP contribution in [-0.2, 0) is 0 Å². The van der Waals surface area contributed by atoms with Crippen LogP contribution in [0, 0.1) is 0 Å². The molecule has 8 aromatic heterocycles. The summed E-state index contributed by atoms with van der Waals surface area (Å²) in [6, 6.07) is 198. The molecule has 32 rings (SSSR count). The third-order valence-corrected chi connectivity index (χ3v) is 33.5. The Morgan fingerprint density at radius 1 is 0.127 bits per heavy atom. The van der Waals surface area contributed by atoms with Gasteiger partial charge in [0.1, 0.15) is 11.2 Å². The Balaban J connectivity index is 0.0000000944. The molecule has 24 aromatic carbocycles. The molecular weight excluding hydrogens is 1870 g/mol. The molecule has 0 N–H and O–H groups in total. The Labute approximate surface area is 876 Å². The molecule has 0 unspecified atom stereocenters. The highest BCUT2D eigenvalue weighted by molar-refractivity contribution is 7.26. The summed E-state index contributed by atoms with van der Waals surface area (Å²) in [6.07, 6.45) is 0. The summed E-state index contributed by atoms with van der Waals surface area (Å²) in [5.41, 5.74) is 33.5. The maximum Gasteiger partial charge on any atom is 0.136 e. The van der Waals surface area contributed by atoms with E-state index >= 15 is 0 Å². The van der Waals surface area contributed by atoms with Crippen molar-refractivity contribution in [3.63, 3.8) is 0 Å². The van der Waals surface area contributed by atoms with Crippen LogP contribution in [0.5, 0.6) is 0 Å². The van der Waals surface area contributed by atoms with E-state index in [0.29, 0.717) is 0 Å². The predicted octanol–water partition coefficient (Wildman–Crippen LogP) is 41.0. The Morgan fingerprint density at radius 2 is 0.413 bits per heavy atom. The van der Waals surface area contributed by atoms with Crippen LogP contribution in [0.2, 0.25) is 0 Å². The fourth-order valence-electron chi connectivity index (χ4n) is 23.1. The first-order chi connectivity index (χ1) is 74.3. The van der Waals surface area contributed by atoms with Crippen molar-refractivity contribution < 1.29 is 4.42 Å². The van der Waals surface area contributed by atoms with Gasteiger partial charge in [-0.1, -0.05) is 376 Å². The van der Waals surface area contributed by atoms with E-state index in [-0.39, 0.29) is 0 Å². The van der Waals surface area contributed by atoms with Gasteiger partial charge in [0.25, 0.3) is 0 Å². The molecule has 0 radical (unpaired) electrons. The number of para-hydroxylation sites is 5. The number of nitrogens with zero attached hydrogens (tertiary/aromatic N) is 4. The van der Waals surface area contributed by atoms with Gasteiger partial charge in [-0.25, -0.2) is 0 Å². The molecule has 8 heterocycles. The van der Waals surface area contributed by atoms with E-state index in [0.717, 1.165) is 27.6 Å². The largest absolute Gasteiger partial charge is 0.456 e. The lowest BCUT2D eigenvalue weighted by Gasteiger charge is -2.14. The van der Waals surface area contributed by atoms with E-state index in [9.17, 15) is 0 Å². The van der Waals surface area contributed by atoms with Crippen LogP contribution >= 0.6 is 34.0 Å². The monoisotopic (exact) mass is 1960 g/mol. The minimum Gasteiger partial charge on any atom is -0.456 e. The Bertz CT molecular complexity index is 10800. The maximum atomic E-state index is 6.23. The molecule has 702 valence electrons. The molecule has 0 spiro atoms. The number of hydrogen-bond donors (Lipinski definition) is 0. The number of fused-ring (bicyclic) bond motifs is 25. The van der Waals surface area contributed by atoms with E-state index in [1.165, 1.54) is 253 Å². The van der Waals surface area contributed by atoms with E-state index in [4.69, 9.17) is 4.42 Å². The molecule has 0 saturated carbocycles. The van der Waals surface area contributed by atoms with Gasteiger partial charge in [-0.05, 0) is 259 Å². The smallest absolute Gasteiger partial charge is 0.136 e. The predicted molar refractivity (Wildman–Crippen MR) is 645 cm³/mol. The van der Waals surface area contributed by atoms with Crippen molar-refractivity contribution in [1.82, 2.24) is 18.3 Å². The van der Waals surface area contributed by atoms with Crippen molar-refractivity contribution in [1.29, 1.82) is 0 Å². The first kappa shape index (κ1) is 87.8. The van der Waals surface area contributed by atoms with Crippen molar-refractivity contribution in [2.24, 2.45) is 0 Å². The fraction of sp³-hybridized carbons (Fsp3) is 0. The van der Waals surface area contributed by atoms with Crippen molar-refractivity contribution in [2.45, 2.75) is 0 Å². The normalized spacial score (nSPS) is 11.7. The van der Waals surface area contributed by atoms with Crippen LogP contribution in [0.4, 0.5) is 0 Å². The standard InChI is InChI=1S/C42H27NS.C36H23NS.C34H21NO.C30H19NS/c1-3-12-28(13-4-1)31-22-32(29-14-5-2-6-15-29)24-33(23-31)30-16-11-17-34(25-30)43-39-20-9-7-18-35(39)37-27-42-38(26-40(37)43)36-19-8-10-21-41(36)44-42;1-3-11-24(12-4-1)26-19-27(25-13-5-2-6-14-25)21-28(20-26)37-33-17-9-7-15-29(33)31-23-36-32(22-34(31)37)30-16-8-10-18-35(30)38-36;1-2-9-22(10-3-1)25-14-8-11-23-19-24(17-18-26(23)25)35-31-15-6-4-12-27(31)29-21-34-30(20-32(29)35)28-13-5-7-16-33(28)36-34;1-2-9-20(10-3-1)21-11-8-12-22(17-21)31-27-15-6-4-13-23(27)25-19-30-26(18-28(25)31)24-14-5-7-16-29(24)32-30/h1-27H;1-23H;1-21H;1-19H. The van der Waals surface area contributed by atoms with Crippen LogP contribution in [0.15, 0.2) is 550 Å². The van der Waals surface area contributed by atoms with Crippen LogP contribution in [0.25, 0.3) is 281 Å². The summed E-state index contributed by atoms with van der Waals surface area (Å²) >= 11 is 5.64. The van der Waals surface area contributed by atoms with Gasteiger partial charge < -0.3 is 22.7 Å². The highest BCUT2D eigenvalue weighted by Crippen LogP contribution is 2.49. The van der Waals surface area contributed by atoms with Gasteiger partial charge in [0.05, 0.1) is 44.1 Å². The van der Waals surface area contributed by atoms with Crippen LogP contribution < -0.4 is 0 Å². The van der Waals surface area contributed by atoms with E-state index in [2.05, 4.69) is 552 Å². The molecule has 0 amide bonds. The molecule has 0 bridgehead atoms. The number of furan rings is 1. The van der Waals surface area contributed by atoms with Gasteiger partial charge in [0.2, 0.25) is 0 Å². The molecule has 32 aromatic rings. The molecular formula is C142H90N4OS3. The number of benzene rings is 24. The van der Waals surface area contributed by atoms with Crippen LogP contribution in [0.3, 0.4) is 0 Å². The first-order valence-corrected chi connectivity index (χ1v) is 53.6. The molecule has 150 heavy (non-hydrogen) atoms. The summed E-state index contributed by atoms with van der Waals surface area (Å²) in [5, 5.41) is 23.0. The van der Waals surface area contributed by atoms with Crippen LogP contribution in [-0.4, -0.2) is 18.3 Å². The number of rotatable bonds is 11. The maximum absolute atomic E-state index is 6.23.